The molecule has 1 atom stereocenters. The smallest absolute Gasteiger partial charge is 0.227 e. The number of rotatable bonds is 3. The summed E-state index contributed by atoms with van der Waals surface area (Å²) in [5, 5.41) is 3.17. The summed E-state index contributed by atoms with van der Waals surface area (Å²) in [6.45, 7) is 0. The van der Waals surface area contributed by atoms with Crippen molar-refractivity contribution in [1.29, 1.82) is 0 Å². The number of fused-ring (bicyclic) bond motifs is 1. The van der Waals surface area contributed by atoms with Crippen LogP contribution in [-0.4, -0.2) is 15.9 Å². The van der Waals surface area contributed by atoms with Crippen molar-refractivity contribution in [2.24, 2.45) is 5.92 Å². The maximum Gasteiger partial charge on any atom is 0.227 e. The topological polar surface area (TPSA) is 54.9 Å². The SMILES string of the molecule is O=C(Nc1ccc(F)c(F)c1F)C1CCc2nc(-c3ccccn3)sc2C1. The Kier molecular flexibility index (Phi) is 4.65. The molecule has 27 heavy (non-hydrogen) atoms. The van der Waals surface area contributed by atoms with Gasteiger partial charge in [-0.1, -0.05) is 6.07 Å². The molecule has 1 aromatic carbocycles. The zero-order valence-electron chi connectivity index (χ0n) is 14.0. The van der Waals surface area contributed by atoms with Gasteiger partial charge in [-0.15, -0.1) is 11.3 Å². The quantitative estimate of drug-likeness (QED) is 0.677. The molecule has 1 amide bonds. The Hall–Kier alpha value is -2.74. The number of carbonyl (C=O) groups is 1. The fraction of sp³-hybridized carbons (Fsp3) is 0.211. The van der Waals surface area contributed by atoms with Crippen molar-refractivity contribution >= 4 is 22.9 Å². The zero-order valence-corrected chi connectivity index (χ0v) is 14.8. The van der Waals surface area contributed by atoms with Gasteiger partial charge in [0.2, 0.25) is 5.91 Å². The average molecular weight is 389 g/mol. The van der Waals surface area contributed by atoms with Crippen molar-refractivity contribution in [2.75, 3.05) is 5.32 Å². The number of nitrogens with zero attached hydrogens (tertiary/aromatic N) is 2. The molecule has 2 heterocycles. The Balaban J connectivity index is 1.50. The molecular weight excluding hydrogens is 375 g/mol. The standard InChI is InChI=1S/C19H14F3N3OS/c20-11-5-7-13(17(22)16(11)21)24-18(26)10-4-6-12-15(9-10)27-19(25-12)14-3-1-2-8-23-14/h1-3,5,7-8,10H,4,6,9H2,(H,24,26). The third kappa shape index (κ3) is 3.44. The molecule has 2 aromatic heterocycles. The van der Waals surface area contributed by atoms with E-state index in [1.807, 2.05) is 18.2 Å². The molecule has 8 heteroatoms. The molecule has 0 bridgehead atoms. The third-order valence-corrected chi connectivity index (χ3v) is 5.63. The summed E-state index contributed by atoms with van der Waals surface area (Å²) in [5.74, 6) is -5.09. The Bertz CT molecular complexity index is 1010. The van der Waals surface area contributed by atoms with Crippen molar-refractivity contribution in [3.63, 3.8) is 0 Å². The lowest BCUT2D eigenvalue weighted by Gasteiger charge is -2.20. The van der Waals surface area contributed by atoms with Gasteiger partial charge in [0.1, 0.15) is 5.01 Å². The molecule has 4 rings (SSSR count). The first kappa shape index (κ1) is 17.7. The Morgan fingerprint density at radius 1 is 1.15 bits per heavy atom. The van der Waals surface area contributed by atoms with Crippen molar-refractivity contribution in [1.82, 2.24) is 9.97 Å². The first-order chi connectivity index (χ1) is 13.0. The van der Waals surface area contributed by atoms with E-state index in [9.17, 15) is 18.0 Å². The number of nitrogens with one attached hydrogen (secondary N) is 1. The molecular formula is C19H14F3N3OS. The molecule has 4 nitrogen and oxygen atoms in total. The van der Waals surface area contributed by atoms with Crippen molar-refractivity contribution in [3.05, 3.63) is 64.6 Å². The van der Waals surface area contributed by atoms with Gasteiger partial charge in [-0.3, -0.25) is 9.78 Å². The van der Waals surface area contributed by atoms with Crippen LogP contribution in [0.25, 0.3) is 10.7 Å². The summed E-state index contributed by atoms with van der Waals surface area (Å²) in [6, 6.07) is 7.39. The van der Waals surface area contributed by atoms with Crippen molar-refractivity contribution < 1.29 is 18.0 Å². The average Bonchev–Trinajstić information content (AvgIpc) is 3.12. The van der Waals surface area contributed by atoms with Crippen LogP contribution >= 0.6 is 11.3 Å². The summed E-state index contributed by atoms with van der Waals surface area (Å²) < 4.78 is 40.1. The molecule has 1 aliphatic rings. The largest absolute Gasteiger partial charge is 0.323 e. The highest BCUT2D eigenvalue weighted by Crippen LogP contribution is 2.34. The highest BCUT2D eigenvalue weighted by atomic mass is 32.1. The van der Waals surface area contributed by atoms with Gasteiger partial charge in [-0.05, 0) is 43.5 Å². The lowest BCUT2D eigenvalue weighted by Crippen LogP contribution is -2.28. The summed E-state index contributed by atoms with van der Waals surface area (Å²) in [5.41, 5.74) is 1.37. The van der Waals surface area contributed by atoms with E-state index >= 15 is 0 Å². The van der Waals surface area contributed by atoms with E-state index in [-0.39, 0.29) is 11.6 Å². The molecule has 1 N–H and O–H groups in total. The summed E-state index contributed by atoms with van der Waals surface area (Å²) in [4.78, 5) is 22.4. The second kappa shape index (κ2) is 7.11. The predicted molar refractivity (Wildman–Crippen MR) is 95.8 cm³/mol. The van der Waals surface area contributed by atoms with Crippen LogP contribution in [0.15, 0.2) is 36.5 Å². The minimum Gasteiger partial charge on any atom is -0.323 e. The predicted octanol–water partition coefficient (Wildman–Crippen LogP) is 4.37. The highest BCUT2D eigenvalue weighted by molar-refractivity contribution is 7.15. The second-order valence-electron chi connectivity index (χ2n) is 6.26. The number of aromatic nitrogens is 2. The lowest BCUT2D eigenvalue weighted by atomic mass is 9.90. The number of hydrogen-bond donors (Lipinski definition) is 1. The summed E-state index contributed by atoms with van der Waals surface area (Å²) in [6.07, 6.45) is 3.34. The van der Waals surface area contributed by atoms with Gasteiger partial charge in [0.05, 0.1) is 17.1 Å². The number of aryl methyl sites for hydroxylation is 1. The number of anilines is 1. The van der Waals surface area contributed by atoms with Gasteiger partial charge >= 0.3 is 0 Å². The van der Waals surface area contributed by atoms with E-state index in [0.717, 1.165) is 33.4 Å². The van der Waals surface area contributed by atoms with Crippen LogP contribution in [0.1, 0.15) is 17.0 Å². The van der Waals surface area contributed by atoms with Gasteiger partial charge in [0.15, 0.2) is 17.5 Å². The highest BCUT2D eigenvalue weighted by Gasteiger charge is 2.29. The van der Waals surface area contributed by atoms with Crippen LogP contribution in [0.5, 0.6) is 0 Å². The number of hydrogen-bond acceptors (Lipinski definition) is 4. The van der Waals surface area contributed by atoms with Crippen LogP contribution in [-0.2, 0) is 17.6 Å². The van der Waals surface area contributed by atoms with E-state index in [2.05, 4.69) is 15.3 Å². The molecule has 0 saturated heterocycles. The maximum absolute atomic E-state index is 13.8. The second-order valence-corrected chi connectivity index (χ2v) is 7.34. The normalized spacial score (nSPS) is 16.0. The van der Waals surface area contributed by atoms with Gasteiger partial charge in [0, 0.05) is 17.0 Å². The molecule has 138 valence electrons. The van der Waals surface area contributed by atoms with Gasteiger partial charge in [-0.25, -0.2) is 18.2 Å². The van der Waals surface area contributed by atoms with Crippen LogP contribution in [0, 0.1) is 23.4 Å². The number of benzene rings is 1. The first-order valence-corrected chi connectivity index (χ1v) is 9.19. The number of amides is 1. The molecule has 1 aliphatic carbocycles. The molecule has 3 aromatic rings. The lowest BCUT2D eigenvalue weighted by molar-refractivity contribution is -0.120. The zero-order chi connectivity index (χ0) is 19.0. The Morgan fingerprint density at radius 2 is 2.00 bits per heavy atom. The van der Waals surface area contributed by atoms with Crippen LogP contribution in [0.2, 0.25) is 0 Å². The number of carbonyl (C=O) groups excluding carboxylic acids is 1. The minimum atomic E-state index is -1.60. The maximum atomic E-state index is 13.8. The van der Waals surface area contributed by atoms with Gasteiger partial charge in [-0.2, -0.15) is 0 Å². The van der Waals surface area contributed by atoms with Gasteiger partial charge < -0.3 is 5.32 Å². The van der Waals surface area contributed by atoms with Gasteiger partial charge in [0.25, 0.3) is 0 Å². The first-order valence-electron chi connectivity index (χ1n) is 8.37. The van der Waals surface area contributed by atoms with Crippen LogP contribution in [0.4, 0.5) is 18.9 Å². The fourth-order valence-electron chi connectivity index (χ4n) is 3.05. The van der Waals surface area contributed by atoms with E-state index in [0.29, 0.717) is 19.3 Å². The van der Waals surface area contributed by atoms with Crippen molar-refractivity contribution in [2.45, 2.75) is 19.3 Å². The molecule has 0 spiro atoms. The third-order valence-electron chi connectivity index (χ3n) is 4.49. The van der Waals surface area contributed by atoms with Crippen molar-refractivity contribution in [3.8, 4) is 10.7 Å². The minimum absolute atomic E-state index is 0.358. The van der Waals surface area contributed by atoms with Crippen LogP contribution in [0.3, 0.4) is 0 Å². The van der Waals surface area contributed by atoms with Crippen LogP contribution < -0.4 is 5.32 Å². The number of pyridine rings is 1. The van der Waals surface area contributed by atoms with E-state index in [1.165, 1.54) is 11.3 Å². The van der Waals surface area contributed by atoms with E-state index in [4.69, 9.17) is 0 Å². The Morgan fingerprint density at radius 3 is 2.78 bits per heavy atom. The van der Waals surface area contributed by atoms with E-state index < -0.39 is 23.4 Å². The fourth-order valence-corrected chi connectivity index (χ4v) is 4.22. The van der Waals surface area contributed by atoms with E-state index in [1.54, 1.807) is 6.20 Å². The number of thiazole rings is 1. The molecule has 1 unspecified atom stereocenters. The Labute approximate surface area is 157 Å². The molecule has 0 radical (unpaired) electrons. The molecule has 0 saturated carbocycles. The monoisotopic (exact) mass is 389 g/mol. The number of halogens is 3. The molecule has 0 aliphatic heterocycles. The summed E-state index contributed by atoms with van der Waals surface area (Å²) >= 11 is 1.49. The summed E-state index contributed by atoms with van der Waals surface area (Å²) in [7, 11) is 0. The molecule has 0 fully saturated rings.